The Balaban J connectivity index is 1.91. The average Bonchev–Trinajstić information content (AvgIpc) is 2.53. The number of hydrogen-bond acceptors (Lipinski definition) is 3. The molecule has 0 atom stereocenters. The molecule has 2 aromatic carbocycles. The molecule has 124 valence electrons. The first-order valence-electron chi connectivity index (χ1n) is 6.98. The van der Waals surface area contributed by atoms with Crippen LogP contribution >= 0.6 is 11.6 Å². The molecule has 0 aliphatic carbocycles. The summed E-state index contributed by atoms with van der Waals surface area (Å²) in [5.41, 5.74) is 1.41. The molecule has 0 radical (unpaired) electrons. The summed E-state index contributed by atoms with van der Waals surface area (Å²) in [7, 11) is 1.74. The van der Waals surface area contributed by atoms with E-state index < -0.39 is 6.36 Å². The number of ether oxygens (including phenoxy) is 1. The molecule has 1 aromatic heterocycles. The number of pyridine rings is 1. The van der Waals surface area contributed by atoms with Gasteiger partial charge in [-0.15, -0.1) is 13.2 Å². The van der Waals surface area contributed by atoms with E-state index in [1.54, 1.807) is 18.0 Å². The molecule has 0 saturated carbocycles. The molecule has 0 unspecified atom stereocenters. The Morgan fingerprint density at radius 1 is 1.04 bits per heavy atom. The highest BCUT2D eigenvalue weighted by Gasteiger charge is 2.31. The molecule has 0 fully saturated rings. The van der Waals surface area contributed by atoms with Crippen molar-refractivity contribution in [1.82, 2.24) is 4.98 Å². The maximum atomic E-state index is 12.2. The smallest absolute Gasteiger partial charge is 0.406 e. The van der Waals surface area contributed by atoms with Crippen molar-refractivity contribution in [1.29, 1.82) is 0 Å². The molecule has 0 amide bonds. The van der Waals surface area contributed by atoms with Gasteiger partial charge in [0.15, 0.2) is 5.82 Å². The number of hydrogen-bond donors (Lipinski definition) is 0. The van der Waals surface area contributed by atoms with Crippen molar-refractivity contribution in [2.45, 2.75) is 6.36 Å². The highest BCUT2D eigenvalue weighted by molar-refractivity contribution is 6.33. The van der Waals surface area contributed by atoms with Crippen LogP contribution in [-0.4, -0.2) is 18.4 Å². The maximum absolute atomic E-state index is 12.2. The Labute approximate surface area is 141 Å². The average molecular weight is 353 g/mol. The molecule has 3 nitrogen and oxygen atoms in total. The van der Waals surface area contributed by atoms with Crippen molar-refractivity contribution < 1.29 is 17.9 Å². The highest BCUT2D eigenvalue weighted by Crippen LogP contribution is 2.32. The lowest BCUT2D eigenvalue weighted by atomic mass is 10.2. The predicted octanol–water partition coefficient (Wildman–Crippen LogP) is 5.55. The van der Waals surface area contributed by atoms with E-state index in [1.807, 2.05) is 24.3 Å². The van der Waals surface area contributed by atoms with Crippen LogP contribution in [0, 0.1) is 0 Å². The number of alkyl halides is 3. The topological polar surface area (TPSA) is 25.4 Å². The number of para-hydroxylation sites is 1. The van der Waals surface area contributed by atoms with Gasteiger partial charge in [0.1, 0.15) is 5.75 Å². The number of aromatic nitrogens is 1. The molecular formula is C17H12ClF3N2O. The number of fused-ring (bicyclic) bond motifs is 1. The van der Waals surface area contributed by atoms with Gasteiger partial charge in [0, 0.05) is 18.1 Å². The predicted molar refractivity (Wildman–Crippen MR) is 87.9 cm³/mol. The van der Waals surface area contributed by atoms with E-state index in [-0.39, 0.29) is 5.75 Å². The van der Waals surface area contributed by atoms with E-state index in [9.17, 15) is 13.2 Å². The van der Waals surface area contributed by atoms with Crippen LogP contribution in [-0.2, 0) is 0 Å². The Hall–Kier alpha value is -2.47. The summed E-state index contributed by atoms with van der Waals surface area (Å²) in [5, 5.41) is 1.36. The summed E-state index contributed by atoms with van der Waals surface area (Å²) in [6, 6.07) is 14.8. The Morgan fingerprint density at radius 3 is 2.38 bits per heavy atom. The monoisotopic (exact) mass is 352 g/mol. The SMILES string of the molecule is CN(c1ccc(OC(F)(F)F)cc1)c1nc2ccccc2cc1Cl. The summed E-state index contributed by atoms with van der Waals surface area (Å²) in [4.78, 5) is 6.22. The molecule has 1 heterocycles. The fourth-order valence-corrected chi connectivity index (χ4v) is 2.60. The zero-order valence-corrected chi connectivity index (χ0v) is 13.3. The standard InChI is InChI=1S/C17H12ClF3N2O/c1-23(12-6-8-13(9-7-12)24-17(19,20)21)16-14(18)10-11-4-2-3-5-15(11)22-16/h2-10H,1H3. The molecule has 0 aliphatic rings. The van der Waals surface area contributed by atoms with Gasteiger partial charge < -0.3 is 9.64 Å². The number of rotatable bonds is 3. The molecule has 0 saturated heterocycles. The minimum atomic E-state index is -4.71. The molecule has 0 bridgehead atoms. The van der Waals surface area contributed by atoms with Crippen molar-refractivity contribution in [3.05, 3.63) is 59.6 Å². The van der Waals surface area contributed by atoms with Crippen LogP contribution in [0.1, 0.15) is 0 Å². The second kappa shape index (κ2) is 6.20. The van der Waals surface area contributed by atoms with Crippen LogP contribution in [0.2, 0.25) is 5.02 Å². The molecule has 3 aromatic rings. The number of anilines is 2. The van der Waals surface area contributed by atoms with Gasteiger partial charge in [-0.25, -0.2) is 4.98 Å². The molecule has 7 heteroatoms. The summed E-state index contributed by atoms with van der Waals surface area (Å²) in [5.74, 6) is 0.233. The van der Waals surface area contributed by atoms with Crippen molar-refractivity contribution in [3.63, 3.8) is 0 Å². The quantitative estimate of drug-likeness (QED) is 0.617. The third-order valence-electron chi connectivity index (χ3n) is 3.43. The minimum absolute atomic E-state index is 0.280. The van der Waals surface area contributed by atoms with Crippen LogP contribution in [0.3, 0.4) is 0 Å². The second-order valence-electron chi connectivity index (χ2n) is 5.09. The van der Waals surface area contributed by atoms with Gasteiger partial charge in [0.25, 0.3) is 0 Å². The van der Waals surface area contributed by atoms with E-state index in [1.165, 1.54) is 24.3 Å². The van der Waals surface area contributed by atoms with Gasteiger partial charge in [-0.2, -0.15) is 0 Å². The van der Waals surface area contributed by atoms with Crippen LogP contribution in [0.5, 0.6) is 5.75 Å². The largest absolute Gasteiger partial charge is 0.573 e. The molecule has 0 spiro atoms. The van der Waals surface area contributed by atoms with Crippen LogP contribution < -0.4 is 9.64 Å². The van der Waals surface area contributed by atoms with Gasteiger partial charge in [0.05, 0.1) is 10.5 Å². The zero-order valence-electron chi connectivity index (χ0n) is 12.5. The lowest BCUT2D eigenvalue weighted by Crippen LogP contribution is -2.17. The zero-order chi connectivity index (χ0) is 17.3. The first-order chi connectivity index (χ1) is 11.3. The third kappa shape index (κ3) is 3.54. The first kappa shape index (κ1) is 16.4. The van der Waals surface area contributed by atoms with Crippen molar-refractivity contribution in [2.24, 2.45) is 0 Å². The Morgan fingerprint density at radius 2 is 1.71 bits per heavy atom. The molecule has 0 aliphatic heterocycles. The van der Waals surface area contributed by atoms with Crippen LogP contribution in [0.15, 0.2) is 54.6 Å². The van der Waals surface area contributed by atoms with Gasteiger partial charge in [0.2, 0.25) is 0 Å². The fraction of sp³-hybridized carbons (Fsp3) is 0.118. The van der Waals surface area contributed by atoms with Crippen LogP contribution in [0.4, 0.5) is 24.7 Å². The van der Waals surface area contributed by atoms with Gasteiger partial charge in [-0.05, 0) is 36.4 Å². The highest BCUT2D eigenvalue weighted by atomic mass is 35.5. The van der Waals surface area contributed by atoms with E-state index in [0.29, 0.717) is 16.5 Å². The van der Waals surface area contributed by atoms with Crippen LogP contribution in [0.25, 0.3) is 10.9 Å². The maximum Gasteiger partial charge on any atom is 0.573 e. The molecule has 3 rings (SSSR count). The lowest BCUT2D eigenvalue weighted by Gasteiger charge is -2.20. The third-order valence-corrected chi connectivity index (χ3v) is 3.71. The normalized spacial score (nSPS) is 11.5. The number of benzene rings is 2. The lowest BCUT2D eigenvalue weighted by molar-refractivity contribution is -0.274. The van der Waals surface area contributed by atoms with Gasteiger partial charge >= 0.3 is 6.36 Å². The van der Waals surface area contributed by atoms with Crippen molar-refractivity contribution >= 4 is 34.0 Å². The second-order valence-corrected chi connectivity index (χ2v) is 5.49. The van der Waals surface area contributed by atoms with Gasteiger partial charge in [-0.1, -0.05) is 29.8 Å². The first-order valence-corrected chi connectivity index (χ1v) is 7.36. The van der Waals surface area contributed by atoms with E-state index in [4.69, 9.17) is 11.6 Å². The minimum Gasteiger partial charge on any atom is -0.406 e. The summed E-state index contributed by atoms with van der Waals surface area (Å²) in [6.07, 6.45) is -4.71. The summed E-state index contributed by atoms with van der Waals surface area (Å²) in [6.45, 7) is 0. The van der Waals surface area contributed by atoms with E-state index >= 15 is 0 Å². The summed E-state index contributed by atoms with van der Waals surface area (Å²) >= 11 is 6.29. The van der Waals surface area contributed by atoms with E-state index in [2.05, 4.69) is 9.72 Å². The molecular weight excluding hydrogens is 341 g/mol. The molecule has 24 heavy (non-hydrogen) atoms. The Bertz CT molecular complexity index is 866. The van der Waals surface area contributed by atoms with E-state index in [0.717, 1.165) is 10.9 Å². The van der Waals surface area contributed by atoms with Crippen molar-refractivity contribution in [3.8, 4) is 5.75 Å². The summed E-state index contributed by atoms with van der Waals surface area (Å²) < 4.78 is 40.5. The number of halogens is 4. The molecule has 0 N–H and O–H groups in total. The Kier molecular flexibility index (Phi) is 4.24. The van der Waals surface area contributed by atoms with Crippen molar-refractivity contribution in [2.75, 3.05) is 11.9 Å². The fourth-order valence-electron chi connectivity index (χ4n) is 2.31. The number of nitrogens with zero attached hydrogens (tertiary/aromatic N) is 2. The van der Waals surface area contributed by atoms with Gasteiger partial charge in [-0.3, -0.25) is 0 Å².